The number of hydrogen-bond acceptors (Lipinski definition) is 6. The lowest BCUT2D eigenvalue weighted by molar-refractivity contribution is -0.135. The third-order valence-electron chi connectivity index (χ3n) is 3.77. The minimum absolute atomic E-state index is 0.123. The van der Waals surface area contributed by atoms with E-state index in [9.17, 15) is 4.79 Å². The molecule has 0 spiro atoms. The molecule has 132 valence electrons. The molecule has 1 unspecified atom stereocenters. The molecule has 0 aliphatic carbocycles. The third kappa shape index (κ3) is 4.33. The second kappa shape index (κ2) is 8.37. The molecule has 25 heavy (non-hydrogen) atoms. The van der Waals surface area contributed by atoms with Crippen molar-refractivity contribution in [2.45, 2.75) is 12.6 Å². The summed E-state index contributed by atoms with van der Waals surface area (Å²) in [4.78, 5) is 18.6. The van der Waals surface area contributed by atoms with Crippen LogP contribution in [0.15, 0.2) is 39.3 Å². The van der Waals surface area contributed by atoms with Crippen molar-refractivity contribution in [3.05, 3.63) is 52.1 Å². The summed E-state index contributed by atoms with van der Waals surface area (Å²) in [5.41, 5.74) is 0.933. The number of ether oxygens (including phenoxy) is 2. The molecule has 1 aliphatic heterocycles. The Hall–Kier alpha value is -2.03. The van der Waals surface area contributed by atoms with Crippen molar-refractivity contribution in [2.24, 2.45) is 0 Å². The number of benzene rings is 1. The van der Waals surface area contributed by atoms with E-state index >= 15 is 0 Å². The molecule has 8 heteroatoms. The molecule has 2 heterocycles. The first-order valence-corrected chi connectivity index (χ1v) is 8.60. The van der Waals surface area contributed by atoms with Crippen LogP contribution in [0.5, 0.6) is 0 Å². The predicted octanol–water partition coefficient (Wildman–Crippen LogP) is 2.59. The van der Waals surface area contributed by atoms with Crippen LogP contribution in [0.3, 0.4) is 0 Å². The molecule has 0 bridgehead atoms. The molecule has 1 fully saturated rings. The number of aromatic nitrogens is 2. The summed E-state index contributed by atoms with van der Waals surface area (Å²) in [5, 5.41) is 3.95. The molecule has 1 aliphatic rings. The standard InChI is InChI=1S/C17H18BrN3O4/c1-23-11-15-19-17(20-25-15)14-10-24-9-8-21(14)16(22)7-6-12-4-2-3-5-13(12)18/h2-7,14H,8-11H2,1H3/b7-6+. The number of methoxy groups -OCH3 is 1. The number of carbonyl (C=O) groups excluding carboxylic acids is 1. The topological polar surface area (TPSA) is 77.7 Å². The zero-order valence-corrected chi connectivity index (χ0v) is 15.3. The van der Waals surface area contributed by atoms with E-state index in [0.29, 0.717) is 31.5 Å². The average Bonchev–Trinajstić information content (AvgIpc) is 3.10. The summed E-state index contributed by atoms with van der Waals surface area (Å²) in [5.74, 6) is 0.677. The average molecular weight is 408 g/mol. The van der Waals surface area contributed by atoms with Crippen LogP contribution in [0.25, 0.3) is 6.08 Å². The van der Waals surface area contributed by atoms with Gasteiger partial charge in [-0.15, -0.1) is 0 Å². The highest BCUT2D eigenvalue weighted by Gasteiger charge is 2.31. The van der Waals surface area contributed by atoms with Crippen molar-refractivity contribution in [3.63, 3.8) is 0 Å². The van der Waals surface area contributed by atoms with Crippen molar-refractivity contribution in [1.82, 2.24) is 15.0 Å². The van der Waals surface area contributed by atoms with Crippen LogP contribution >= 0.6 is 15.9 Å². The fourth-order valence-corrected chi connectivity index (χ4v) is 2.95. The molecule has 0 radical (unpaired) electrons. The van der Waals surface area contributed by atoms with E-state index in [-0.39, 0.29) is 18.6 Å². The van der Waals surface area contributed by atoms with Crippen LogP contribution in [-0.4, -0.2) is 47.8 Å². The van der Waals surface area contributed by atoms with E-state index in [0.717, 1.165) is 10.0 Å². The fourth-order valence-electron chi connectivity index (χ4n) is 2.53. The first-order chi connectivity index (χ1) is 12.2. The van der Waals surface area contributed by atoms with Gasteiger partial charge in [0.25, 0.3) is 5.89 Å². The van der Waals surface area contributed by atoms with Gasteiger partial charge in [-0.1, -0.05) is 39.3 Å². The van der Waals surface area contributed by atoms with Crippen LogP contribution in [0.2, 0.25) is 0 Å². The monoisotopic (exact) mass is 407 g/mol. The Bertz CT molecular complexity index is 762. The highest BCUT2D eigenvalue weighted by Crippen LogP contribution is 2.23. The van der Waals surface area contributed by atoms with Crippen LogP contribution < -0.4 is 0 Å². The summed E-state index contributed by atoms with van der Waals surface area (Å²) in [6.07, 6.45) is 3.33. The molecule has 1 amide bonds. The fraction of sp³-hybridized carbons (Fsp3) is 0.353. The summed E-state index contributed by atoms with van der Waals surface area (Å²) in [7, 11) is 1.55. The Balaban J connectivity index is 1.75. The van der Waals surface area contributed by atoms with E-state index in [2.05, 4.69) is 26.1 Å². The minimum atomic E-state index is -0.375. The SMILES string of the molecule is COCc1nc(C2COCCN2C(=O)/C=C/c2ccccc2Br)no1. The lowest BCUT2D eigenvalue weighted by Gasteiger charge is -2.32. The molecule has 7 nitrogen and oxygen atoms in total. The molecular formula is C17H18BrN3O4. The number of carbonyl (C=O) groups is 1. The van der Waals surface area contributed by atoms with Crippen molar-refractivity contribution in [1.29, 1.82) is 0 Å². The molecule has 1 aromatic heterocycles. The molecule has 1 saturated heterocycles. The van der Waals surface area contributed by atoms with Crippen LogP contribution in [-0.2, 0) is 20.9 Å². The van der Waals surface area contributed by atoms with E-state index < -0.39 is 0 Å². The maximum absolute atomic E-state index is 12.7. The molecule has 1 atom stereocenters. The smallest absolute Gasteiger partial charge is 0.252 e. The van der Waals surface area contributed by atoms with E-state index in [1.807, 2.05) is 24.3 Å². The number of hydrogen-bond donors (Lipinski definition) is 0. The van der Waals surface area contributed by atoms with Gasteiger partial charge in [0.15, 0.2) is 5.82 Å². The van der Waals surface area contributed by atoms with Gasteiger partial charge in [0.05, 0.1) is 13.2 Å². The number of nitrogens with zero attached hydrogens (tertiary/aromatic N) is 3. The summed E-state index contributed by atoms with van der Waals surface area (Å²) in [6, 6.07) is 7.33. The lowest BCUT2D eigenvalue weighted by atomic mass is 10.2. The number of amides is 1. The van der Waals surface area contributed by atoms with Gasteiger partial charge < -0.3 is 18.9 Å². The normalized spacial score (nSPS) is 18.0. The summed E-state index contributed by atoms with van der Waals surface area (Å²) >= 11 is 3.47. The number of rotatable bonds is 5. The lowest BCUT2D eigenvalue weighted by Crippen LogP contribution is -2.43. The highest BCUT2D eigenvalue weighted by molar-refractivity contribution is 9.10. The largest absolute Gasteiger partial charge is 0.377 e. The van der Waals surface area contributed by atoms with Gasteiger partial charge in [-0.05, 0) is 17.7 Å². The number of halogens is 1. The maximum Gasteiger partial charge on any atom is 0.252 e. The first-order valence-electron chi connectivity index (χ1n) is 7.81. The Labute approximate surface area is 153 Å². The molecule has 2 aromatic rings. The zero-order chi connectivity index (χ0) is 17.6. The molecule has 0 saturated carbocycles. The van der Waals surface area contributed by atoms with Crippen molar-refractivity contribution in [2.75, 3.05) is 26.9 Å². The Morgan fingerprint density at radius 1 is 1.48 bits per heavy atom. The summed E-state index contributed by atoms with van der Waals surface area (Å²) < 4.78 is 16.5. The Morgan fingerprint density at radius 3 is 3.12 bits per heavy atom. The quantitative estimate of drug-likeness (QED) is 0.708. The van der Waals surface area contributed by atoms with Crippen LogP contribution in [0.1, 0.15) is 23.3 Å². The van der Waals surface area contributed by atoms with E-state index in [4.69, 9.17) is 14.0 Å². The Kier molecular flexibility index (Phi) is 5.95. The Morgan fingerprint density at radius 2 is 2.32 bits per heavy atom. The van der Waals surface area contributed by atoms with Gasteiger partial charge in [0, 0.05) is 24.2 Å². The maximum atomic E-state index is 12.7. The summed E-state index contributed by atoms with van der Waals surface area (Å²) in [6.45, 7) is 1.52. The van der Waals surface area contributed by atoms with E-state index in [1.165, 1.54) is 0 Å². The highest BCUT2D eigenvalue weighted by atomic mass is 79.9. The minimum Gasteiger partial charge on any atom is -0.377 e. The molecule has 1 aromatic carbocycles. The van der Waals surface area contributed by atoms with Gasteiger partial charge in [0.2, 0.25) is 5.91 Å². The van der Waals surface area contributed by atoms with Gasteiger partial charge in [-0.3, -0.25) is 4.79 Å². The predicted molar refractivity (Wildman–Crippen MR) is 93.5 cm³/mol. The molecule has 3 rings (SSSR count). The second-order valence-corrected chi connectivity index (χ2v) is 6.31. The van der Waals surface area contributed by atoms with Crippen LogP contribution in [0, 0.1) is 0 Å². The number of morpholine rings is 1. The first kappa shape index (κ1) is 17.8. The van der Waals surface area contributed by atoms with E-state index in [1.54, 1.807) is 24.2 Å². The molecule has 0 N–H and O–H groups in total. The second-order valence-electron chi connectivity index (χ2n) is 5.46. The van der Waals surface area contributed by atoms with Crippen molar-refractivity contribution >= 4 is 27.9 Å². The van der Waals surface area contributed by atoms with Crippen molar-refractivity contribution < 1.29 is 18.8 Å². The van der Waals surface area contributed by atoms with Crippen molar-refractivity contribution in [3.8, 4) is 0 Å². The zero-order valence-electron chi connectivity index (χ0n) is 13.7. The van der Waals surface area contributed by atoms with Gasteiger partial charge in [-0.2, -0.15) is 4.98 Å². The third-order valence-corrected chi connectivity index (χ3v) is 4.49. The van der Waals surface area contributed by atoms with Gasteiger partial charge >= 0.3 is 0 Å². The van der Waals surface area contributed by atoms with Gasteiger partial charge in [-0.25, -0.2) is 0 Å². The molecular weight excluding hydrogens is 390 g/mol. The van der Waals surface area contributed by atoms with Crippen LogP contribution in [0.4, 0.5) is 0 Å². The van der Waals surface area contributed by atoms with Gasteiger partial charge in [0.1, 0.15) is 12.6 Å².